The summed E-state index contributed by atoms with van der Waals surface area (Å²) in [5.74, 6) is -0.149. The maximum absolute atomic E-state index is 12.5. The number of aromatic nitrogens is 1. The normalized spacial score (nSPS) is 11.0. The fourth-order valence-corrected chi connectivity index (χ4v) is 3.63. The van der Waals surface area contributed by atoms with Crippen molar-refractivity contribution in [2.75, 3.05) is 11.8 Å². The van der Waals surface area contributed by atoms with Crippen molar-refractivity contribution >= 4 is 21.6 Å². The van der Waals surface area contributed by atoms with Gasteiger partial charge in [0.1, 0.15) is 0 Å². The van der Waals surface area contributed by atoms with Gasteiger partial charge >= 0.3 is 0 Å². The molecule has 0 aliphatic carbocycles. The molecule has 0 saturated heterocycles. The van der Waals surface area contributed by atoms with Gasteiger partial charge in [-0.05, 0) is 54.1 Å². The fourth-order valence-electron chi connectivity index (χ4n) is 2.55. The van der Waals surface area contributed by atoms with Crippen LogP contribution in [0, 0.1) is 0 Å². The van der Waals surface area contributed by atoms with E-state index in [9.17, 15) is 13.2 Å². The third-order valence-electron chi connectivity index (χ3n) is 3.95. The lowest BCUT2D eigenvalue weighted by atomic mass is 10.1. The molecule has 2 aromatic carbocycles. The number of anilines is 1. The number of hydrogen-bond donors (Lipinski definition) is 1. The number of nitrogens with one attached hydrogen (secondary N) is 1. The quantitative estimate of drug-likeness (QED) is 0.711. The fraction of sp³-hybridized carbons (Fsp3) is 0.100. The molecule has 3 rings (SSSR count). The molecular formula is C20H19N3O3S. The zero-order valence-electron chi connectivity index (χ0n) is 14.7. The van der Waals surface area contributed by atoms with Crippen LogP contribution in [-0.4, -0.2) is 31.3 Å². The number of carbonyl (C=O) groups excluding carboxylic acids is 1. The maximum Gasteiger partial charge on any atom is 0.261 e. The Morgan fingerprint density at radius 3 is 2.22 bits per heavy atom. The average Bonchev–Trinajstić information content (AvgIpc) is 2.69. The second kappa shape index (κ2) is 8.01. The van der Waals surface area contributed by atoms with Crippen molar-refractivity contribution in [2.45, 2.75) is 11.4 Å². The van der Waals surface area contributed by atoms with Crippen molar-refractivity contribution < 1.29 is 13.2 Å². The number of pyridine rings is 1. The van der Waals surface area contributed by atoms with Crippen molar-refractivity contribution in [3.05, 3.63) is 90.3 Å². The summed E-state index contributed by atoms with van der Waals surface area (Å²) in [5, 5.41) is 0. The summed E-state index contributed by atoms with van der Waals surface area (Å²) < 4.78 is 27.2. The number of hydrogen-bond acceptors (Lipinski definition) is 4. The summed E-state index contributed by atoms with van der Waals surface area (Å²) in [7, 11) is -1.94. The molecule has 1 aromatic heterocycles. The number of nitrogens with zero attached hydrogens (tertiary/aromatic N) is 2. The second-order valence-electron chi connectivity index (χ2n) is 6.01. The first-order valence-corrected chi connectivity index (χ1v) is 9.76. The van der Waals surface area contributed by atoms with Crippen molar-refractivity contribution in [1.82, 2.24) is 9.88 Å². The molecule has 0 aliphatic rings. The predicted molar refractivity (Wildman–Crippen MR) is 104 cm³/mol. The first-order valence-electron chi connectivity index (χ1n) is 8.28. The van der Waals surface area contributed by atoms with Crippen molar-refractivity contribution in [1.29, 1.82) is 0 Å². The van der Waals surface area contributed by atoms with Gasteiger partial charge in [0.25, 0.3) is 15.9 Å². The van der Waals surface area contributed by atoms with Crippen LogP contribution in [0.2, 0.25) is 0 Å². The van der Waals surface area contributed by atoms with E-state index in [2.05, 4.69) is 9.71 Å². The number of sulfonamides is 1. The predicted octanol–water partition coefficient (Wildman–Crippen LogP) is 3.15. The van der Waals surface area contributed by atoms with Gasteiger partial charge in [-0.15, -0.1) is 0 Å². The molecule has 7 heteroatoms. The molecule has 138 valence electrons. The number of rotatable bonds is 6. The van der Waals surface area contributed by atoms with Gasteiger partial charge in [-0.3, -0.25) is 14.5 Å². The topological polar surface area (TPSA) is 79.4 Å². The Bertz CT molecular complexity index is 1010. The van der Waals surface area contributed by atoms with Gasteiger partial charge < -0.3 is 4.90 Å². The highest BCUT2D eigenvalue weighted by atomic mass is 32.2. The zero-order valence-corrected chi connectivity index (χ0v) is 15.6. The largest absolute Gasteiger partial charge is 0.337 e. The lowest BCUT2D eigenvalue weighted by Crippen LogP contribution is -2.26. The first kappa shape index (κ1) is 18.6. The summed E-state index contributed by atoms with van der Waals surface area (Å²) in [6.07, 6.45) is 3.36. The Hall–Kier alpha value is -3.19. The van der Waals surface area contributed by atoms with E-state index in [1.807, 2.05) is 12.1 Å². The van der Waals surface area contributed by atoms with Crippen molar-refractivity contribution in [3.8, 4) is 0 Å². The Morgan fingerprint density at radius 1 is 0.963 bits per heavy atom. The van der Waals surface area contributed by atoms with E-state index in [1.165, 1.54) is 12.1 Å². The first-order chi connectivity index (χ1) is 13.0. The second-order valence-corrected chi connectivity index (χ2v) is 7.69. The van der Waals surface area contributed by atoms with E-state index in [1.54, 1.807) is 66.8 Å². The summed E-state index contributed by atoms with van der Waals surface area (Å²) >= 11 is 0. The molecular weight excluding hydrogens is 362 g/mol. The van der Waals surface area contributed by atoms with Crippen LogP contribution in [0.4, 0.5) is 5.69 Å². The molecule has 3 aromatic rings. The van der Waals surface area contributed by atoms with E-state index >= 15 is 0 Å². The number of carbonyl (C=O) groups is 1. The van der Waals surface area contributed by atoms with Crippen LogP contribution in [0.1, 0.15) is 15.9 Å². The summed E-state index contributed by atoms with van der Waals surface area (Å²) in [6.45, 7) is 0.462. The molecule has 0 fully saturated rings. The molecule has 1 heterocycles. The molecule has 0 aliphatic heterocycles. The van der Waals surface area contributed by atoms with Crippen LogP contribution in [-0.2, 0) is 16.6 Å². The van der Waals surface area contributed by atoms with Gasteiger partial charge in [0, 0.05) is 37.2 Å². The monoisotopic (exact) mass is 381 g/mol. The van der Waals surface area contributed by atoms with Gasteiger partial charge in [-0.2, -0.15) is 0 Å². The van der Waals surface area contributed by atoms with Crippen LogP contribution in [0.5, 0.6) is 0 Å². The summed E-state index contributed by atoms with van der Waals surface area (Å²) in [5.41, 5.74) is 1.86. The van der Waals surface area contributed by atoms with Crippen LogP contribution in [0.15, 0.2) is 84.0 Å². The smallest absolute Gasteiger partial charge is 0.261 e. The molecule has 0 saturated carbocycles. The van der Waals surface area contributed by atoms with E-state index < -0.39 is 10.0 Å². The lowest BCUT2D eigenvalue weighted by molar-refractivity contribution is 0.0785. The molecule has 0 unspecified atom stereocenters. The third kappa shape index (κ3) is 4.71. The molecule has 0 bridgehead atoms. The molecule has 0 spiro atoms. The minimum Gasteiger partial charge on any atom is -0.337 e. The van der Waals surface area contributed by atoms with Gasteiger partial charge in [-0.1, -0.05) is 18.2 Å². The molecule has 1 amide bonds. The third-order valence-corrected chi connectivity index (χ3v) is 5.35. The maximum atomic E-state index is 12.5. The molecule has 6 nitrogen and oxygen atoms in total. The molecule has 27 heavy (non-hydrogen) atoms. The Balaban J connectivity index is 1.69. The Morgan fingerprint density at radius 2 is 1.59 bits per heavy atom. The van der Waals surface area contributed by atoms with Crippen LogP contribution in [0.25, 0.3) is 0 Å². The van der Waals surface area contributed by atoms with E-state index in [0.29, 0.717) is 17.8 Å². The van der Waals surface area contributed by atoms with Gasteiger partial charge in [0.2, 0.25) is 0 Å². The molecule has 0 radical (unpaired) electrons. The van der Waals surface area contributed by atoms with Crippen molar-refractivity contribution in [2.24, 2.45) is 0 Å². The minimum atomic E-state index is -3.65. The SMILES string of the molecule is CN(Cc1ccncc1)C(=O)c1ccc(NS(=O)(=O)c2ccccc2)cc1. The number of amides is 1. The average molecular weight is 381 g/mol. The van der Waals surface area contributed by atoms with Crippen LogP contribution < -0.4 is 4.72 Å². The number of benzene rings is 2. The minimum absolute atomic E-state index is 0.149. The van der Waals surface area contributed by atoms with Gasteiger partial charge in [0.05, 0.1) is 4.90 Å². The highest BCUT2D eigenvalue weighted by Crippen LogP contribution is 2.17. The standard InChI is InChI=1S/C20H19N3O3S/c1-23(15-16-11-13-21-14-12-16)20(24)17-7-9-18(10-8-17)22-27(25,26)19-5-3-2-4-6-19/h2-14,22H,15H2,1H3. The zero-order chi connectivity index (χ0) is 19.3. The Labute approximate surface area is 158 Å². The highest BCUT2D eigenvalue weighted by Gasteiger charge is 2.15. The van der Waals surface area contributed by atoms with Crippen LogP contribution in [0.3, 0.4) is 0 Å². The molecule has 0 atom stereocenters. The highest BCUT2D eigenvalue weighted by molar-refractivity contribution is 7.92. The van der Waals surface area contributed by atoms with Gasteiger partial charge in [-0.25, -0.2) is 8.42 Å². The van der Waals surface area contributed by atoms with Crippen molar-refractivity contribution in [3.63, 3.8) is 0 Å². The van der Waals surface area contributed by atoms with Gasteiger partial charge in [0.15, 0.2) is 0 Å². The molecule has 1 N–H and O–H groups in total. The Kier molecular flexibility index (Phi) is 5.52. The van der Waals surface area contributed by atoms with E-state index in [-0.39, 0.29) is 10.8 Å². The van der Waals surface area contributed by atoms with Crippen LogP contribution >= 0.6 is 0 Å². The lowest BCUT2D eigenvalue weighted by Gasteiger charge is -2.17. The summed E-state index contributed by atoms with van der Waals surface area (Å²) in [6, 6.07) is 18.2. The van der Waals surface area contributed by atoms with E-state index in [4.69, 9.17) is 0 Å². The van der Waals surface area contributed by atoms with E-state index in [0.717, 1.165) is 5.56 Å². The summed E-state index contributed by atoms with van der Waals surface area (Å²) in [4.78, 5) is 18.3.